The second-order valence-electron chi connectivity index (χ2n) is 9.42. The normalized spacial score (nSPS) is 12.9. The first-order valence-corrected chi connectivity index (χ1v) is 14.2. The van der Waals surface area contributed by atoms with Gasteiger partial charge in [0.15, 0.2) is 0 Å². The lowest BCUT2D eigenvalue weighted by molar-refractivity contribution is 1.20. The first kappa shape index (κ1) is 23.4. The Labute approximate surface area is 221 Å². The van der Waals surface area contributed by atoms with Crippen molar-refractivity contribution in [3.8, 4) is 11.1 Å². The quantitative estimate of drug-likeness (QED) is 0.202. The fourth-order valence-corrected chi connectivity index (χ4v) is 7.63. The molecule has 6 rings (SSSR count). The van der Waals surface area contributed by atoms with Gasteiger partial charge in [0.25, 0.3) is 0 Å². The fraction of sp³-hybridized carbons (Fsp3) is 0.0556. The highest BCUT2D eigenvalue weighted by molar-refractivity contribution is 7.80. The maximum Gasteiger partial charge on any atom is -0.00287 e. The Kier molecular flexibility index (Phi) is 6.93. The van der Waals surface area contributed by atoms with E-state index in [4.69, 9.17) is 0 Å². The summed E-state index contributed by atoms with van der Waals surface area (Å²) in [4.78, 5) is 0. The summed E-state index contributed by atoms with van der Waals surface area (Å²) in [5, 5.41) is 4.19. The second kappa shape index (κ2) is 11.0. The largest absolute Gasteiger partial charge is 0.0765 e. The molecule has 0 atom stereocenters. The van der Waals surface area contributed by atoms with Gasteiger partial charge in [0.05, 0.1) is 0 Å². The predicted molar refractivity (Wildman–Crippen MR) is 161 cm³/mol. The lowest BCUT2D eigenvalue weighted by atomic mass is 9.99. The van der Waals surface area contributed by atoms with E-state index in [1.165, 1.54) is 49.3 Å². The van der Waals surface area contributed by atoms with Gasteiger partial charge in [-0.1, -0.05) is 146 Å². The van der Waals surface area contributed by atoms with Gasteiger partial charge < -0.3 is 0 Å². The zero-order valence-corrected chi connectivity index (χ0v) is 21.7. The topological polar surface area (TPSA) is 0 Å². The van der Waals surface area contributed by atoms with Crippen LogP contribution in [0.4, 0.5) is 0 Å². The van der Waals surface area contributed by atoms with Crippen LogP contribution in [0.5, 0.6) is 0 Å². The van der Waals surface area contributed by atoms with Crippen LogP contribution in [0, 0.1) is 0 Å². The zero-order valence-electron chi connectivity index (χ0n) is 20.8. The van der Waals surface area contributed by atoms with Crippen LogP contribution in [0.2, 0.25) is 0 Å². The van der Waals surface area contributed by atoms with Gasteiger partial charge in [0.1, 0.15) is 0 Å². The molecule has 0 aromatic heterocycles. The minimum atomic E-state index is -0.716. The van der Waals surface area contributed by atoms with Gasteiger partial charge >= 0.3 is 0 Å². The van der Waals surface area contributed by atoms with Crippen LogP contribution in [0.3, 0.4) is 0 Å². The van der Waals surface area contributed by atoms with Crippen LogP contribution in [0.1, 0.15) is 17.5 Å². The van der Waals surface area contributed by atoms with Crippen LogP contribution in [0.25, 0.3) is 16.7 Å². The summed E-state index contributed by atoms with van der Waals surface area (Å²) >= 11 is 0. The molecule has 0 radical (unpaired) electrons. The molecular weight excluding hydrogens is 463 g/mol. The van der Waals surface area contributed by atoms with Crippen LogP contribution in [0.15, 0.2) is 157 Å². The van der Waals surface area contributed by atoms with E-state index in [2.05, 4.69) is 152 Å². The standard InChI is InChI=1S/C36H29P/c1-5-13-28(14-6-1)25-29-21-22-32(26-29)35-24-23-31(30-15-7-2-8-16-30)27-36(35)37(33-17-9-3-10-18-33)34-19-11-4-12-20-34/h1-21,23-24,26-27H,22,25H2. The van der Waals surface area contributed by atoms with E-state index in [1.807, 2.05) is 0 Å². The van der Waals surface area contributed by atoms with Crippen molar-refractivity contribution in [2.24, 2.45) is 0 Å². The van der Waals surface area contributed by atoms with Crippen LogP contribution >= 0.6 is 7.92 Å². The van der Waals surface area contributed by atoms with E-state index in [0.717, 1.165) is 12.8 Å². The molecule has 37 heavy (non-hydrogen) atoms. The molecular formula is C36H29P. The average molecular weight is 493 g/mol. The van der Waals surface area contributed by atoms with Gasteiger partial charge in [-0.3, -0.25) is 0 Å². The van der Waals surface area contributed by atoms with Gasteiger partial charge in [-0.25, -0.2) is 0 Å². The summed E-state index contributed by atoms with van der Waals surface area (Å²) < 4.78 is 0. The summed E-state index contributed by atoms with van der Waals surface area (Å²) in [5.74, 6) is 0. The highest BCUT2D eigenvalue weighted by Crippen LogP contribution is 2.39. The summed E-state index contributed by atoms with van der Waals surface area (Å²) in [7, 11) is -0.716. The van der Waals surface area contributed by atoms with Crippen LogP contribution in [-0.2, 0) is 6.42 Å². The molecule has 5 aromatic carbocycles. The Balaban J connectivity index is 1.48. The third-order valence-corrected chi connectivity index (χ3v) is 9.40. The molecule has 0 aliphatic heterocycles. The average Bonchev–Trinajstić information content (AvgIpc) is 3.43. The Morgan fingerprint density at radius 3 is 1.73 bits per heavy atom. The van der Waals surface area contributed by atoms with Gasteiger partial charge in [-0.2, -0.15) is 0 Å². The molecule has 0 heterocycles. The molecule has 0 N–H and O–H groups in total. The third-order valence-electron chi connectivity index (χ3n) is 6.92. The van der Waals surface area contributed by atoms with Crippen molar-refractivity contribution in [3.05, 3.63) is 168 Å². The molecule has 0 nitrogen and oxygen atoms in total. The maximum atomic E-state index is 2.45. The van der Waals surface area contributed by atoms with Crippen molar-refractivity contribution in [1.82, 2.24) is 0 Å². The number of hydrogen-bond donors (Lipinski definition) is 0. The molecule has 5 aromatic rings. The van der Waals surface area contributed by atoms with Crippen LogP contribution < -0.4 is 15.9 Å². The highest BCUT2D eigenvalue weighted by Gasteiger charge is 2.23. The SMILES string of the molecule is C1=C(Cc2ccccc2)C=C(c2ccc(-c3ccccc3)cc2P(c2ccccc2)c2ccccc2)C1. The number of hydrogen-bond acceptors (Lipinski definition) is 0. The van der Waals surface area contributed by atoms with Gasteiger partial charge in [-0.05, 0) is 76.1 Å². The van der Waals surface area contributed by atoms with Crippen molar-refractivity contribution in [1.29, 1.82) is 0 Å². The maximum absolute atomic E-state index is 2.45. The predicted octanol–water partition coefficient (Wildman–Crippen LogP) is 8.07. The summed E-state index contributed by atoms with van der Waals surface area (Å²) in [6, 6.07) is 50.7. The van der Waals surface area contributed by atoms with Crippen molar-refractivity contribution < 1.29 is 0 Å². The number of benzene rings is 5. The molecule has 178 valence electrons. The first-order chi connectivity index (χ1) is 18.3. The summed E-state index contributed by atoms with van der Waals surface area (Å²) in [6.07, 6.45) is 6.79. The van der Waals surface area contributed by atoms with E-state index in [-0.39, 0.29) is 0 Å². The molecule has 0 bridgehead atoms. The molecule has 0 amide bonds. The Morgan fingerprint density at radius 1 is 0.541 bits per heavy atom. The molecule has 1 aliphatic rings. The molecule has 1 heteroatoms. The minimum absolute atomic E-state index is 0.716. The van der Waals surface area contributed by atoms with Gasteiger partial charge in [0, 0.05) is 0 Å². The van der Waals surface area contributed by atoms with E-state index in [1.54, 1.807) is 0 Å². The van der Waals surface area contributed by atoms with Crippen LogP contribution in [-0.4, -0.2) is 0 Å². The van der Waals surface area contributed by atoms with E-state index in [0.29, 0.717) is 0 Å². The lowest BCUT2D eigenvalue weighted by Gasteiger charge is -2.24. The monoisotopic (exact) mass is 492 g/mol. The highest BCUT2D eigenvalue weighted by atomic mass is 31.1. The van der Waals surface area contributed by atoms with Crippen molar-refractivity contribution in [2.45, 2.75) is 12.8 Å². The molecule has 0 saturated carbocycles. The molecule has 0 fully saturated rings. The fourth-order valence-electron chi connectivity index (χ4n) is 5.10. The zero-order chi connectivity index (χ0) is 24.9. The summed E-state index contributed by atoms with van der Waals surface area (Å²) in [6.45, 7) is 0. The molecule has 0 spiro atoms. The number of rotatable bonds is 7. The molecule has 0 unspecified atom stereocenters. The van der Waals surface area contributed by atoms with Crippen molar-refractivity contribution in [3.63, 3.8) is 0 Å². The minimum Gasteiger partial charge on any atom is -0.0765 e. The second-order valence-corrected chi connectivity index (χ2v) is 11.6. The van der Waals surface area contributed by atoms with Gasteiger partial charge in [0.2, 0.25) is 0 Å². The smallest absolute Gasteiger partial charge is 0.00287 e. The van der Waals surface area contributed by atoms with Gasteiger partial charge in [-0.15, -0.1) is 0 Å². The van der Waals surface area contributed by atoms with E-state index < -0.39 is 7.92 Å². The Bertz CT molecular complexity index is 1490. The van der Waals surface area contributed by atoms with E-state index >= 15 is 0 Å². The molecule has 0 saturated heterocycles. The Hall–Kier alpha value is -3.99. The third kappa shape index (κ3) is 5.26. The molecule has 1 aliphatic carbocycles. The number of allylic oxidation sites excluding steroid dienone is 4. The van der Waals surface area contributed by atoms with E-state index in [9.17, 15) is 0 Å². The van der Waals surface area contributed by atoms with Crippen molar-refractivity contribution in [2.75, 3.05) is 0 Å². The van der Waals surface area contributed by atoms with Crippen molar-refractivity contribution >= 4 is 29.4 Å². The summed E-state index contributed by atoms with van der Waals surface area (Å²) in [5.41, 5.74) is 8.09. The Morgan fingerprint density at radius 2 is 1.11 bits per heavy atom. The lowest BCUT2D eigenvalue weighted by Crippen LogP contribution is -2.23. The first-order valence-electron chi connectivity index (χ1n) is 12.9.